The van der Waals surface area contributed by atoms with Crippen LogP contribution in [0.25, 0.3) is 0 Å². The Labute approximate surface area is 140 Å². The van der Waals surface area contributed by atoms with Crippen molar-refractivity contribution in [1.82, 2.24) is 15.4 Å². The van der Waals surface area contributed by atoms with Gasteiger partial charge < -0.3 is 14.7 Å². The predicted octanol–water partition coefficient (Wildman–Crippen LogP) is 4.01. The van der Waals surface area contributed by atoms with Gasteiger partial charge in [0.25, 0.3) is 0 Å². The van der Waals surface area contributed by atoms with Crippen LogP contribution in [-0.2, 0) is 13.1 Å². The van der Waals surface area contributed by atoms with Crippen molar-refractivity contribution in [1.29, 1.82) is 0 Å². The van der Waals surface area contributed by atoms with Gasteiger partial charge in [0.1, 0.15) is 11.5 Å². The molecule has 0 bridgehead atoms. The Hall–Kier alpha value is -1.82. The molecule has 23 heavy (non-hydrogen) atoms. The number of hydrogen-bond donors (Lipinski definition) is 1. The van der Waals surface area contributed by atoms with Crippen molar-refractivity contribution in [2.75, 3.05) is 0 Å². The second-order valence-electron chi connectivity index (χ2n) is 6.17. The first kappa shape index (κ1) is 16.1. The third kappa shape index (κ3) is 4.13. The molecule has 6 heteroatoms. The zero-order valence-electron chi connectivity index (χ0n) is 13.7. The van der Waals surface area contributed by atoms with Crippen molar-refractivity contribution in [3.63, 3.8) is 0 Å². The zero-order chi connectivity index (χ0) is 16.2. The molecule has 0 radical (unpaired) electrons. The third-order valence-corrected chi connectivity index (χ3v) is 5.23. The van der Waals surface area contributed by atoms with Gasteiger partial charge in [0.15, 0.2) is 0 Å². The normalized spacial score (nSPS) is 15.0. The Kier molecular flexibility index (Phi) is 5.00. The van der Waals surface area contributed by atoms with Crippen molar-refractivity contribution >= 4 is 17.4 Å². The van der Waals surface area contributed by atoms with E-state index in [2.05, 4.69) is 29.5 Å². The summed E-state index contributed by atoms with van der Waals surface area (Å²) in [5.74, 6) is 0.760. The van der Waals surface area contributed by atoms with E-state index < -0.39 is 0 Å². The van der Waals surface area contributed by atoms with Crippen molar-refractivity contribution < 1.29 is 9.32 Å². The fourth-order valence-electron chi connectivity index (χ4n) is 3.09. The van der Waals surface area contributed by atoms with Gasteiger partial charge in [-0.3, -0.25) is 0 Å². The van der Waals surface area contributed by atoms with Gasteiger partial charge in [0.2, 0.25) is 0 Å². The van der Waals surface area contributed by atoms with Gasteiger partial charge in [-0.15, -0.1) is 11.3 Å². The van der Waals surface area contributed by atoms with Crippen LogP contribution >= 0.6 is 11.3 Å². The number of rotatable bonds is 5. The highest BCUT2D eigenvalue weighted by Gasteiger charge is 2.27. The number of carbonyl (C=O) groups excluding carboxylic acids is 1. The van der Waals surface area contributed by atoms with Crippen LogP contribution in [0.4, 0.5) is 4.79 Å². The maximum absolute atomic E-state index is 12.7. The van der Waals surface area contributed by atoms with Crippen molar-refractivity contribution in [3.8, 4) is 0 Å². The summed E-state index contributed by atoms with van der Waals surface area (Å²) in [5.41, 5.74) is 0.759. The molecule has 1 aliphatic rings. The number of hydrogen-bond acceptors (Lipinski definition) is 4. The molecule has 0 unspecified atom stereocenters. The Balaban J connectivity index is 1.65. The fourth-order valence-corrected chi connectivity index (χ4v) is 3.98. The lowest BCUT2D eigenvalue weighted by Crippen LogP contribution is -2.44. The average Bonchev–Trinajstić information content (AvgIpc) is 3.25. The summed E-state index contributed by atoms with van der Waals surface area (Å²) in [5, 5.41) is 6.91. The van der Waals surface area contributed by atoms with Crippen LogP contribution in [0.1, 0.15) is 46.9 Å². The molecule has 0 atom stereocenters. The molecule has 1 saturated carbocycles. The summed E-state index contributed by atoms with van der Waals surface area (Å²) in [4.78, 5) is 17.2. The van der Waals surface area contributed by atoms with E-state index >= 15 is 0 Å². The second-order valence-corrected chi connectivity index (χ2v) is 7.54. The van der Waals surface area contributed by atoms with E-state index in [-0.39, 0.29) is 6.03 Å². The molecule has 124 valence electrons. The van der Waals surface area contributed by atoms with E-state index in [0.717, 1.165) is 24.3 Å². The number of nitrogens with one attached hydrogen (secondary N) is 1. The van der Waals surface area contributed by atoms with E-state index in [1.54, 1.807) is 11.3 Å². The van der Waals surface area contributed by atoms with E-state index in [0.29, 0.717) is 19.1 Å². The molecule has 0 saturated heterocycles. The number of urea groups is 1. The summed E-state index contributed by atoms with van der Waals surface area (Å²) in [6.07, 6.45) is 4.61. The molecule has 3 rings (SSSR count). The van der Waals surface area contributed by atoms with Gasteiger partial charge in [-0.25, -0.2) is 4.79 Å². The summed E-state index contributed by atoms with van der Waals surface area (Å²) in [7, 11) is 0. The Morgan fingerprint density at radius 2 is 2.17 bits per heavy atom. The third-order valence-electron chi connectivity index (χ3n) is 4.25. The monoisotopic (exact) mass is 333 g/mol. The molecule has 2 aromatic rings. The van der Waals surface area contributed by atoms with E-state index in [9.17, 15) is 4.79 Å². The van der Waals surface area contributed by atoms with Gasteiger partial charge in [-0.05, 0) is 38.8 Å². The molecular formula is C17H23N3O2S. The molecule has 2 heterocycles. The van der Waals surface area contributed by atoms with Gasteiger partial charge in [0.05, 0.1) is 13.1 Å². The van der Waals surface area contributed by atoms with Gasteiger partial charge in [0, 0.05) is 21.9 Å². The van der Waals surface area contributed by atoms with Crippen LogP contribution in [-0.4, -0.2) is 22.1 Å². The molecule has 0 aliphatic heterocycles. The number of aryl methyl sites for hydroxylation is 2. The minimum Gasteiger partial charge on any atom is -0.361 e. The Bertz CT molecular complexity index is 658. The highest BCUT2D eigenvalue weighted by atomic mass is 32.1. The molecule has 5 nitrogen and oxygen atoms in total. The first-order valence-electron chi connectivity index (χ1n) is 8.14. The zero-order valence-corrected chi connectivity index (χ0v) is 14.5. The van der Waals surface area contributed by atoms with Crippen molar-refractivity contribution in [2.45, 2.75) is 58.7 Å². The van der Waals surface area contributed by atoms with Crippen LogP contribution in [0.5, 0.6) is 0 Å². The standard InChI is InChI=1S/C17H23N3O2S/c1-12-9-14(19-22-12)10-18-17(21)20(15-5-3-4-6-15)11-16-8-7-13(2)23-16/h7-9,15H,3-6,10-11H2,1-2H3,(H,18,21). The van der Waals surface area contributed by atoms with E-state index in [1.807, 2.05) is 17.9 Å². The first-order chi connectivity index (χ1) is 11.1. The molecule has 1 aliphatic carbocycles. The fraction of sp³-hybridized carbons (Fsp3) is 0.529. The van der Waals surface area contributed by atoms with Crippen molar-refractivity contribution in [2.24, 2.45) is 0 Å². The summed E-state index contributed by atoms with van der Waals surface area (Å²) < 4.78 is 5.04. The van der Waals surface area contributed by atoms with Gasteiger partial charge in [-0.1, -0.05) is 18.0 Å². The quantitative estimate of drug-likeness (QED) is 0.899. The lowest BCUT2D eigenvalue weighted by Gasteiger charge is -2.28. The second kappa shape index (κ2) is 7.17. The SMILES string of the molecule is Cc1cc(CNC(=O)N(Cc2ccc(C)s2)C2CCCC2)no1. The van der Waals surface area contributed by atoms with Crippen LogP contribution in [0.15, 0.2) is 22.7 Å². The highest BCUT2D eigenvalue weighted by Crippen LogP contribution is 2.27. The lowest BCUT2D eigenvalue weighted by atomic mass is 10.2. The summed E-state index contributed by atoms with van der Waals surface area (Å²) >= 11 is 1.76. The molecule has 1 N–H and O–H groups in total. The van der Waals surface area contributed by atoms with Crippen molar-refractivity contribution in [3.05, 3.63) is 39.4 Å². The molecule has 1 fully saturated rings. The van der Waals surface area contributed by atoms with Crippen LogP contribution in [0, 0.1) is 13.8 Å². The molecule has 0 spiro atoms. The smallest absolute Gasteiger partial charge is 0.318 e. The van der Waals surface area contributed by atoms with E-state index in [1.165, 1.54) is 22.6 Å². The number of aromatic nitrogens is 1. The molecule has 2 aromatic heterocycles. The predicted molar refractivity (Wildman–Crippen MR) is 90.3 cm³/mol. The lowest BCUT2D eigenvalue weighted by molar-refractivity contribution is 0.171. The Morgan fingerprint density at radius 1 is 1.39 bits per heavy atom. The Morgan fingerprint density at radius 3 is 2.78 bits per heavy atom. The topological polar surface area (TPSA) is 58.4 Å². The summed E-state index contributed by atoms with van der Waals surface area (Å²) in [6, 6.07) is 6.42. The minimum atomic E-state index is -0.0105. The number of nitrogens with zero attached hydrogens (tertiary/aromatic N) is 2. The number of thiophene rings is 1. The van der Waals surface area contributed by atoms with Gasteiger partial charge >= 0.3 is 6.03 Å². The van der Waals surface area contributed by atoms with E-state index in [4.69, 9.17) is 4.52 Å². The summed E-state index contributed by atoms with van der Waals surface area (Å²) in [6.45, 7) is 5.04. The molecule has 0 aromatic carbocycles. The molecular weight excluding hydrogens is 310 g/mol. The number of amides is 2. The largest absolute Gasteiger partial charge is 0.361 e. The van der Waals surface area contributed by atoms with Gasteiger partial charge in [-0.2, -0.15) is 0 Å². The highest BCUT2D eigenvalue weighted by molar-refractivity contribution is 7.11. The van der Waals surface area contributed by atoms with Crippen LogP contribution < -0.4 is 5.32 Å². The average molecular weight is 333 g/mol. The number of carbonyl (C=O) groups is 1. The van der Waals surface area contributed by atoms with Crippen LogP contribution in [0.2, 0.25) is 0 Å². The first-order valence-corrected chi connectivity index (χ1v) is 8.95. The maximum Gasteiger partial charge on any atom is 0.318 e. The van der Waals surface area contributed by atoms with Crippen LogP contribution in [0.3, 0.4) is 0 Å². The maximum atomic E-state index is 12.7. The molecule has 2 amide bonds. The minimum absolute atomic E-state index is 0.0105.